The predicted octanol–water partition coefficient (Wildman–Crippen LogP) is 0.800. The van der Waals surface area contributed by atoms with Gasteiger partial charge < -0.3 is 18.8 Å². The van der Waals surface area contributed by atoms with Crippen molar-refractivity contribution in [3.05, 3.63) is 24.2 Å². The van der Waals surface area contributed by atoms with Gasteiger partial charge in [0.15, 0.2) is 12.1 Å². The Labute approximate surface area is 118 Å². The summed E-state index contributed by atoms with van der Waals surface area (Å²) < 4.78 is 16.0. The van der Waals surface area contributed by atoms with Gasteiger partial charge in [0.1, 0.15) is 0 Å². The molecule has 2 aliphatic rings. The van der Waals surface area contributed by atoms with Crippen LogP contribution >= 0.6 is 0 Å². The van der Waals surface area contributed by atoms with Gasteiger partial charge in [-0.3, -0.25) is 9.69 Å². The smallest absolute Gasteiger partial charge is 0.289 e. The number of carbonyl (C=O) groups is 1. The molecule has 0 bridgehead atoms. The summed E-state index contributed by atoms with van der Waals surface area (Å²) in [5, 5.41) is 0. The summed E-state index contributed by atoms with van der Waals surface area (Å²) in [5.74, 6) is 0.406. The molecular weight excluding hydrogens is 260 g/mol. The van der Waals surface area contributed by atoms with E-state index in [1.54, 1.807) is 12.1 Å². The number of piperazine rings is 1. The van der Waals surface area contributed by atoms with E-state index in [0.717, 1.165) is 39.1 Å². The first-order valence-electron chi connectivity index (χ1n) is 7.11. The van der Waals surface area contributed by atoms with Crippen molar-refractivity contribution in [1.29, 1.82) is 0 Å². The van der Waals surface area contributed by atoms with Crippen molar-refractivity contribution in [2.24, 2.45) is 0 Å². The average Bonchev–Trinajstić information content (AvgIpc) is 3.18. The van der Waals surface area contributed by atoms with Crippen LogP contribution < -0.4 is 0 Å². The summed E-state index contributed by atoms with van der Waals surface area (Å²) in [7, 11) is 0. The largest absolute Gasteiger partial charge is 0.459 e. The second-order valence-electron chi connectivity index (χ2n) is 5.07. The van der Waals surface area contributed by atoms with Gasteiger partial charge >= 0.3 is 0 Å². The molecule has 0 saturated carbocycles. The van der Waals surface area contributed by atoms with Crippen molar-refractivity contribution >= 4 is 5.91 Å². The van der Waals surface area contributed by atoms with Crippen LogP contribution in [0.15, 0.2) is 22.8 Å². The molecule has 0 aliphatic carbocycles. The van der Waals surface area contributed by atoms with E-state index in [1.165, 1.54) is 6.26 Å². The van der Waals surface area contributed by atoms with Gasteiger partial charge in [0.05, 0.1) is 19.5 Å². The van der Waals surface area contributed by atoms with E-state index in [0.29, 0.717) is 19.0 Å². The highest BCUT2D eigenvalue weighted by Gasteiger charge is 2.24. The van der Waals surface area contributed by atoms with Crippen molar-refractivity contribution in [2.45, 2.75) is 12.7 Å². The maximum atomic E-state index is 12.1. The number of ether oxygens (including phenoxy) is 2. The molecule has 0 atom stereocenters. The maximum absolute atomic E-state index is 12.1. The summed E-state index contributed by atoms with van der Waals surface area (Å²) in [4.78, 5) is 16.3. The van der Waals surface area contributed by atoms with E-state index in [-0.39, 0.29) is 12.2 Å². The van der Waals surface area contributed by atoms with Crippen molar-refractivity contribution < 1.29 is 18.7 Å². The van der Waals surface area contributed by atoms with Crippen molar-refractivity contribution in [1.82, 2.24) is 9.80 Å². The highest BCUT2D eigenvalue weighted by Crippen LogP contribution is 2.12. The molecule has 1 aromatic rings. The number of nitrogens with zero attached hydrogens (tertiary/aromatic N) is 2. The van der Waals surface area contributed by atoms with Crippen LogP contribution in [0.3, 0.4) is 0 Å². The normalized spacial score (nSPS) is 21.5. The molecule has 1 aromatic heterocycles. The number of carbonyl (C=O) groups excluding carboxylic acids is 1. The first-order valence-corrected chi connectivity index (χ1v) is 7.11. The lowest BCUT2D eigenvalue weighted by Gasteiger charge is -2.34. The summed E-state index contributed by atoms with van der Waals surface area (Å²) >= 11 is 0. The Balaban J connectivity index is 1.41. The van der Waals surface area contributed by atoms with E-state index >= 15 is 0 Å². The standard InChI is InChI=1S/C14H20N2O4/c17-14(12-2-1-9-18-12)16-7-5-15(6-8-16)4-3-13-19-10-11-20-13/h1-2,9,13H,3-8,10-11H2. The second-order valence-corrected chi connectivity index (χ2v) is 5.07. The number of amides is 1. The zero-order chi connectivity index (χ0) is 13.8. The van der Waals surface area contributed by atoms with Crippen LogP contribution in [0, 0.1) is 0 Å². The van der Waals surface area contributed by atoms with Gasteiger partial charge in [0.25, 0.3) is 5.91 Å². The third-order valence-corrected chi connectivity index (χ3v) is 3.76. The lowest BCUT2D eigenvalue weighted by molar-refractivity contribution is -0.0530. The topological polar surface area (TPSA) is 55.2 Å². The Morgan fingerprint density at radius 2 is 1.95 bits per heavy atom. The average molecular weight is 280 g/mol. The Morgan fingerprint density at radius 1 is 1.20 bits per heavy atom. The van der Waals surface area contributed by atoms with E-state index < -0.39 is 0 Å². The van der Waals surface area contributed by atoms with E-state index in [9.17, 15) is 4.79 Å². The Bertz CT molecular complexity index is 420. The van der Waals surface area contributed by atoms with Gasteiger partial charge in [-0.1, -0.05) is 0 Å². The zero-order valence-corrected chi connectivity index (χ0v) is 11.5. The number of hydrogen-bond donors (Lipinski definition) is 0. The minimum absolute atomic E-state index is 0.0166. The van der Waals surface area contributed by atoms with E-state index in [4.69, 9.17) is 13.9 Å². The molecule has 0 radical (unpaired) electrons. The molecule has 3 rings (SSSR count). The van der Waals surface area contributed by atoms with Crippen molar-refractivity contribution in [3.63, 3.8) is 0 Å². The van der Waals surface area contributed by atoms with Crippen molar-refractivity contribution in [3.8, 4) is 0 Å². The Kier molecular flexibility index (Phi) is 4.34. The summed E-state index contributed by atoms with van der Waals surface area (Å²) in [6, 6.07) is 3.45. The molecule has 0 aromatic carbocycles. The highest BCUT2D eigenvalue weighted by molar-refractivity contribution is 5.91. The molecule has 2 aliphatic heterocycles. The van der Waals surface area contributed by atoms with Crippen molar-refractivity contribution in [2.75, 3.05) is 45.9 Å². The molecule has 6 nitrogen and oxygen atoms in total. The Hall–Kier alpha value is -1.37. The molecule has 0 unspecified atom stereocenters. The van der Waals surface area contributed by atoms with Crippen LogP contribution in [-0.4, -0.2) is 67.9 Å². The molecule has 2 fully saturated rings. The maximum Gasteiger partial charge on any atom is 0.289 e. The third-order valence-electron chi connectivity index (χ3n) is 3.76. The van der Waals surface area contributed by atoms with E-state index in [2.05, 4.69) is 4.90 Å². The zero-order valence-electron chi connectivity index (χ0n) is 11.5. The fourth-order valence-corrected chi connectivity index (χ4v) is 2.59. The van der Waals surface area contributed by atoms with Crippen LogP contribution in [-0.2, 0) is 9.47 Å². The molecule has 110 valence electrons. The fourth-order valence-electron chi connectivity index (χ4n) is 2.59. The molecule has 6 heteroatoms. The second kappa shape index (κ2) is 6.39. The van der Waals surface area contributed by atoms with Crippen LogP contribution in [0.25, 0.3) is 0 Å². The SMILES string of the molecule is O=C(c1ccco1)N1CCN(CCC2OCCO2)CC1. The number of rotatable bonds is 4. The lowest BCUT2D eigenvalue weighted by Crippen LogP contribution is -2.49. The first-order chi connectivity index (χ1) is 9.83. The summed E-state index contributed by atoms with van der Waals surface area (Å²) in [5.41, 5.74) is 0. The fraction of sp³-hybridized carbons (Fsp3) is 0.643. The predicted molar refractivity (Wildman–Crippen MR) is 71.4 cm³/mol. The summed E-state index contributed by atoms with van der Waals surface area (Å²) in [6.45, 7) is 5.62. The third kappa shape index (κ3) is 3.20. The van der Waals surface area contributed by atoms with Gasteiger partial charge in [-0.05, 0) is 12.1 Å². The number of furan rings is 1. The van der Waals surface area contributed by atoms with Gasteiger partial charge in [0.2, 0.25) is 0 Å². The molecule has 0 spiro atoms. The molecule has 2 saturated heterocycles. The quantitative estimate of drug-likeness (QED) is 0.816. The van der Waals surface area contributed by atoms with E-state index in [1.807, 2.05) is 4.90 Å². The lowest BCUT2D eigenvalue weighted by atomic mass is 10.2. The van der Waals surface area contributed by atoms with Gasteiger partial charge in [-0.2, -0.15) is 0 Å². The van der Waals surface area contributed by atoms with Gasteiger partial charge in [-0.15, -0.1) is 0 Å². The minimum Gasteiger partial charge on any atom is -0.459 e. The van der Waals surface area contributed by atoms with Crippen LogP contribution in [0.2, 0.25) is 0 Å². The molecule has 3 heterocycles. The first kappa shape index (κ1) is 13.6. The molecule has 1 amide bonds. The van der Waals surface area contributed by atoms with Crippen LogP contribution in [0.1, 0.15) is 17.0 Å². The minimum atomic E-state index is -0.0437. The monoisotopic (exact) mass is 280 g/mol. The molecule has 0 N–H and O–H groups in total. The molecular formula is C14H20N2O4. The highest BCUT2D eigenvalue weighted by atomic mass is 16.7. The van der Waals surface area contributed by atoms with Crippen LogP contribution in [0.5, 0.6) is 0 Å². The Morgan fingerprint density at radius 3 is 2.60 bits per heavy atom. The summed E-state index contributed by atoms with van der Waals surface area (Å²) in [6.07, 6.45) is 2.38. The van der Waals surface area contributed by atoms with Crippen LogP contribution in [0.4, 0.5) is 0 Å². The number of hydrogen-bond acceptors (Lipinski definition) is 5. The molecule has 20 heavy (non-hydrogen) atoms. The van der Waals surface area contributed by atoms with Gasteiger partial charge in [0, 0.05) is 39.1 Å². The van der Waals surface area contributed by atoms with Gasteiger partial charge in [-0.25, -0.2) is 0 Å².